The first-order valence-electron chi connectivity index (χ1n) is 2.26. The van der Waals surface area contributed by atoms with E-state index in [9.17, 15) is 9.70 Å². The molecule has 0 rings (SSSR count). The van der Waals surface area contributed by atoms with Gasteiger partial charge in [-0.3, -0.25) is 5.73 Å². The molecule has 0 radical (unpaired) electrons. The van der Waals surface area contributed by atoms with Crippen molar-refractivity contribution in [2.45, 2.75) is 12.6 Å². The molecule has 1 unspecified atom stereocenters. The van der Waals surface area contributed by atoms with Gasteiger partial charge in [-0.15, -0.1) is 4.91 Å². The van der Waals surface area contributed by atoms with Crippen molar-refractivity contribution in [3.8, 4) is 0 Å². The van der Waals surface area contributed by atoms with Gasteiger partial charge in [0.2, 0.25) is 5.66 Å². The zero-order valence-electron chi connectivity index (χ0n) is 5.25. The van der Waals surface area contributed by atoms with Gasteiger partial charge >= 0.3 is 5.97 Å². The lowest BCUT2D eigenvalue weighted by molar-refractivity contribution is -0.146. The van der Waals surface area contributed by atoms with E-state index in [1.54, 1.807) is 0 Å². The van der Waals surface area contributed by atoms with Crippen LogP contribution in [0, 0.1) is 4.91 Å². The summed E-state index contributed by atoms with van der Waals surface area (Å²) in [5.41, 5.74) is 3.28. The van der Waals surface area contributed by atoms with Gasteiger partial charge in [-0.05, 0) is 12.1 Å². The molecule has 0 saturated heterocycles. The zero-order chi connectivity index (χ0) is 7.49. The Morgan fingerprint density at radius 3 is 2.33 bits per heavy atom. The summed E-state index contributed by atoms with van der Waals surface area (Å²) in [7, 11) is 1.14. The minimum absolute atomic E-state index is 0.836. The van der Waals surface area contributed by atoms with Crippen LogP contribution < -0.4 is 5.73 Å². The number of carbonyl (C=O) groups is 1. The van der Waals surface area contributed by atoms with Gasteiger partial charge in [-0.25, -0.2) is 4.79 Å². The predicted octanol–water partition coefficient (Wildman–Crippen LogP) is -0.399. The Labute approximate surface area is 52.1 Å². The average Bonchev–Trinajstić information content (AvgIpc) is 1.86. The van der Waals surface area contributed by atoms with E-state index in [-0.39, 0.29) is 0 Å². The van der Waals surface area contributed by atoms with Crippen LogP contribution in [-0.4, -0.2) is 18.7 Å². The van der Waals surface area contributed by atoms with Gasteiger partial charge in [0.1, 0.15) is 0 Å². The van der Waals surface area contributed by atoms with Crippen LogP contribution >= 0.6 is 0 Å². The lowest BCUT2D eigenvalue weighted by atomic mass is 10.2. The Hall–Kier alpha value is -0.970. The summed E-state index contributed by atoms with van der Waals surface area (Å²) in [6.45, 7) is 1.17. The smallest absolute Gasteiger partial charge is 0.352 e. The van der Waals surface area contributed by atoms with Crippen LogP contribution in [0.3, 0.4) is 0 Å². The SMILES string of the molecule is COC(=O)C(C)(N)N=O. The van der Waals surface area contributed by atoms with Gasteiger partial charge in [0.05, 0.1) is 7.11 Å². The van der Waals surface area contributed by atoms with E-state index in [2.05, 4.69) is 9.91 Å². The Morgan fingerprint density at radius 1 is 1.78 bits per heavy atom. The second-order valence-corrected chi connectivity index (χ2v) is 1.73. The summed E-state index contributed by atoms with van der Waals surface area (Å²) in [6, 6.07) is 0. The summed E-state index contributed by atoms with van der Waals surface area (Å²) in [5.74, 6) is -0.836. The third-order valence-electron chi connectivity index (χ3n) is 0.788. The third kappa shape index (κ3) is 1.77. The van der Waals surface area contributed by atoms with E-state index in [1.807, 2.05) is 0 Å². The first kappa shape index (κ1) is 8.03. The minimum atomic E-state index is -1.74. The summed E-state index contributed by atoms with van der Waals surface area (Å²) in [5, 5.41) is 2.34. The highest BCUT2D eigenvalue weighted by Crippen LogP contribution is 2.01. The van der Waals surface area contributed by atoms with Crippen LogP contribution in [0.1, 0.15) is 6.92 Å². The molecule has 52 valence electrons. The number of ether oxygens (including phenoxy) is 1. The van der Waals surface area contributed by atoms with Gasteiger partial charge in [0.25, 0.3) is 0 Å². The quantitative estimate of drug-likeness (QED) is 0.409. The second kappa shape index (κ2) is 2.54. The highest BCUT2D eigenvalue weighted by Gasteiger charge is 2.30. The third-order valence-corrected chi connectivity index (χ3v) is 0.788. The molecule has 9 heavy (non-hydrogen) atoms. The molecule has 0 saturated carbocycles. The van der Waals surface area contributed by atoms with E-state index in [1.165, 1.54) is 6.92 Å². The first-order chi connectivity index (χ1) is 4.04. The molecule has 0 amide bonds. The number of nitrogens with two attached hydrogens (primary N) is 1. The van der Waals surface area contributed by atoms with Crippen LogP contribution in [0.2, 0.25) is 0 Å². The molecule has 0 aromatic rings. The van der Waals surface area contributed by atoms with Crippen molar-refractivity contribution >= 4 is 5.97 Å². The van der Waals surface area contributed by atoms with Crippen molar-refractivity contribution in [3.05, 3.63) is 4.91 Å². The summed E-state index contributed by atoms with van der Waals surface area (Å²) < 4.78 is 4.15. The van der Waals surface area contributed by atoms with Crippen molar-refractivity contribution in [3.63, 3.8) is 0 Å². The van der Waals surface area contributed by atoms with Crippen LogP contribution in [0.4, 0.5) is 0 Å². The normalized spacial score (nSPS) is 15.9. The Balaban J connectivity index is 4.14. The molecule has 0 aromatic heterocycles. The van der Waals surface area contributed by atoms with Gasteiger partial charge in [-0.1, -0.05) is 0 Å². The number of hydrogen-bond acceptors (Lipinski definition) is 5. The molecule has 0 spiro atoms. The Kier molecular flexibility index (Phi) is 2.27. The van der Waals surface area contributed by atoms with Crippen LogP contribution in [0.15, 0.2) is 5.18 Å². The standard InChI is InChI=1S/C4H8N2O3/c1-4(5,6-8)3(7)9-2/h5H2,1-2H3. The molecule has 0 fully saturated rings. The van der Waals surface area contributed by atoms with Crippen molar-refractivity contribution < 1.29 is 9.53 Å². The van der Waals surface area contributed by atoms with Crippen LogP contribution in [-0.2, 0) is 9.53 Å². The predicted molar refractivity (Wildman–Crippen MR) is 30.4 cm³/mol. The van der Waals surface area contributed by atoms with Gasteiger partial charge in [0.15, 0.2) is 0 Å². The number of hydrogen-bond donors (Lipinski definition) is 1. The van der Waals surface area contributed by atoms with Crippen molar-refractivity contribution in [1.82, 2.24) is 0 Å². The maximum atomic E-state index is 10.4. The molecule has 0 aliphatic heterocycles. The fourth-order valence-corrected chi connectivity index (χ4v) is 0.244. The molecule has 0 aliphatic rings. The molecule has 0 aliphatic carbocycles. The largest absolute Gasteiger partial charge is 0.466 e. The molecule has 0 heterocycles. The minimum Gasteiger partial charge on any atom is -0.466 e. The van der Waals surface area contributed by atoms with Gasteiger partial charge in [-0.2, -0.15) is 0 Å². The number of carbonyl (C=O) groups excluding carboxylic acids is 1. The first-order valence-corrected chi connectivity index (χ1v) is 2.26. The van der Waals surface area contributed by atoms with E-state index >= 15 is 0 Å². The Morgan fingerprint density at radius 2 is 2.22 bits per heavy atom. The highest BCUT2D eigenvalue weighted by molar-refractivity contribution is 5.79. The number of methoxy groups -OCH3 is 1. The molecule has 0 bridgehead atoms. The lowest BCUT2D eigenvalue weighted by Crippen LogP contribution is -2.43. The van der Waals surface area contributed by atoms with Gasteiger partial charge in [0, 0.05) is 0 Å². The highest BCUT2D eigenvalue weighted by atomic mass is 16.5. The second-order valence-electron chi connectivity index (χ2n) is 1.73. The number of esters is 1. The van der Waals surface area contributed by atoms with Crippen molar-refractivity contribution in [2.75, 3.05) is 7.11 Å². The molecular formula is C4H8N2O3. The summed E-state index contributed by atoms with van der Waals surface area (Å²) >= 11 is 0. The molecular weight excluding hydrogens is 124 g/mol. The summed E-state index contributed by atoms with van der Waals surface area (Å²) in [4.78, 5) is 20.2. The van der Waals surface area contributed by atoms with E-state index < -0.39 is 11.6 Å². The average molecular weight is 132 g/mol. The van der Waals surface area contributed by atoms with E-state index in [4.69, 9.17) is 5.73 Å². The maximum absolute atomic E-state index is 10.4. The number of nitrogens with zero attached hydrogens (tertiary/aromatic N) is 1. The molecule has 5 nitrogen and oxygen atoms in total. The monoisotopic (exact) mass is 132 g/mol. The Bertz CT molecular complexity index is 132. The van der Waals surface area contributed by atoms with Crippen LogP contribution in [0.5, 0.6) is 0 Å². The van der Waals surface area contributed by atoms with E-state index in [0.29, 0.717) is 0 Å². The molecule has 1 atom stereocenters. The number of rotatable bonds is 2. The van der Waals surface area contributed by atoms with E-state index in [0.717, 1.165) is 7.11 Å². The fourth-order valence-electron chi connectivity index (χ4n) is 0.244. The zero-order valence-corrected chi connectivity index (χ0v) is 5.25. The van der Waals surface area contributed by atoms with Gasteiger partial charge < -0.3 is 4.74 Å². The lowest BCUT2D eigenvalue weighted by Gasteiger charge is -2.10. The fraction of sp³-hybridized carbons (Fsp3) is 0.750. The molecule has 5 heteroatoms. The molecule has 2 N–H and O–H groups in total. The summed E-state index contributed by atoms with van der Waals surface area (Å²) in [6.07, 6.45) is 0. The topological polar surface area (TPSA) is 81.8 Å². The van der Waals surface area contributed by atoms with Crippen LogP contribution in [0.25, 0.3) is 0 Å². The molecule has 0 aromatic carbocycles. The number of nitroso groups, excluding NO2 is 1. The maximum Gasteiger partial charge on any atom is 0.352 e. The van der Waals surface area contributed by atoms with Crippen molar-refractivity contribution in [1.29, 1.82) is 0 Å². The van der Waals surface area contributed by atoms with Crippen molar-refractivity contribution in [2.24, 2.45) is 10.9 Å².